The molecule has 3 aromatic heterocycles. The van der Waals surface area contributed by atoms with Gasteiger partial charge in [0.1, 0.15) is 18.0 Å². The molecule has 4 aromatic rings. The van der Waals surface area contributed by atoms with Crippen LogP contribution in [-0.4, -0.2) is 61.6 Å². The summed E-state index contributed by atoms with van der Waals surface area (Å²) in [4.78, 5) is 34.6. The van der Waals surface area contributed by atoms with Crippen LogP contribution in [0.15, 0.2) is 49.1 Å². The van der Waals surface area contributed by atoms with E-state index in [1.54, 1.807) is 0 Å². The summed E-state index contributed by atoms with van der Waals surface area (Å²) < 4.78 is 56.9. The molecule has 1 aromatic carbocycles. The first-order chi connectivity index (χ1) is 18.5. The molecule has 0 spiro atoms. The van der Waals surface area contributed by atoms with E-state index in [1.807, 2.05) is 0 Å². The minimum absolute atomic E-state index is 0.0218. The zero-order chi connectivity index (χ0) is 28.1. The molecule has 2 amide bonds. The number of fused-ring (bicyclic) bond motifs is 1. The Morgan fingerprint density at radius 3 is 2.54 bits per heavy atom. The Kier molecular flexibility index (Phi) is 6.81. The lowest BCUT2D eigenvalue weighted by Crippen LogP contribution is -2.42. The zero-order valence-corrected chi connectivity index (χ0v) is 21.1. The van der Waals surface area contributed by atoms with Crippen molar-refractivity contribution in [2.75, 3.05) is 18.8 Å². The third-order valence-corrected chi connectivity index (χ3v) is 6.90. The zero-order valence-electron chi connectivity index (χ0n) is 19.6. The van der Waals surface area contributed by atoms with Crippen LogP contribution in [0.3, 0.4) is 0 Å². The molecular formula is C24H17Cl2F4N7O2. The van der Waals surface area contributed by atoms with Crippen molar-refractivity contribution in [3.63, 3.8) is 0 Å². The number of hydrogen-bond donors (Lipinski definition) is 2. The van der Waals surface area contributed by atoms with Gasteiger partial charge in [-0.05, 0) is 24.3 Å². The molecule has 1 aliphatic heterocycles. The van der Waals surface area contributed by atoms with Crippen molar-refractivity contribution in [1.82, 2.24) is 29.8 Å². The number of nitrogens with zero attached hydrogens (tertiary/aromatic N) is 5. The van der Waals surface area contributed by atoms with Crippen LogP contribution in [0.1, 0.15) is 26.3 Å². The van der Waals surface area contributed by atoms with Gasteiger partial charge in [0.15, 0.2) is 5.82 Å². The summed E-state index contributed by atoms with van der Waals surface area (Å²) in [6.45, 7) is -0.441. The summed E-state index contributed by atoms with van der Waals surface area (Å²) in [7, 11) is 0. The van der Waals surface area contributed by atoms with Crippen LogP contribution < -0.4 is 11.1 Å². The summed E-state index contributed by atoms with van der Waals surface area (Å²) in [6.07, 6.45) is -2.67. The molecule has 0 unspecified atom stereocenters. The fourth-order valence-electron chi connectivity index (χ4n) is 4.37. The molecule has 202 valence electrons. The van der Waals surface area contributed by atoms with Gasteiger partial charge in [-0.15, -0.1) is 0 Å². The number of hydrogen-bond acceptors (Lipinski definition) is 6. The minimum Gasteiger partial charge on any atom is -0.382 e. The van der Waals surface area contributed by atoms with Gasteiger partial charge < -0.3 is 16.0 Å². The van der Waals surface area contributed by atoms with Crippen molar-refractivity contribution in [3.8, 4) is 11.3 Å². The first kappa shape index (κ1) is 26.6. The van der Waals surface area contributed by atoms with E-state index in [-0.39, 0.29) is 51.3 Å². The second-order valence-corrected chi connectivity index (χ2v) is 9.52. The van der Waals surface area contributed by atoms with Crippen molar-refractivity contribution in [2.45, 2.75) is 18.4 Å². The Morgan fingerprint density at radius 1 is 1.08 bits per heavy atom. The number of nitrogens with one attached hydrogen (secondary N) is 1. The Labute approximate surface area is 227 Å². The van der Waals surface area contributed by atoms with Gasteiger partial charge >= 0.3 is 6.18 Å². The lowest BCUT2D eigenvalue weighted by molar-refractivity contribution is -0.136. The van der Waals surface area contributed by atoms with E-state index in [1.165, 1.54) is 41.6 Å². The predicted octanol–water partition coefficient (Wildman–Crippen LogP) is 4.29. The third-order valence-electron chi connectivity index (χ3n) is 6.25. The number of nitrogen functional groups attached to an aromatic ring is 1. The third kappa shape index (κ3) is 4.94. The van der Waals surface area contributed by atoms with Crippen LogP contribution in [0.25, 0.3) is 16.8 Å². The maximum atomic E-state index is 14.8. The predicted molar refractivity (Wildman–Crippen MR) is 134 cm³/mol. The maximum Gasteiger partial charge on any atom is 0.418 e. The van der Waals surface area contributed by atoms with E-state index < -0.39 is 41.3 Å². The molecule has 39 heavy (non-hydrogen) atoms. The molecule has 5 rings (SSSR count). The molecule has 3 N–H and O–H groups in total. The molecule has 1 saturated heterocycles. The number of halogens is 6. The second-order valence-electron chi connectivity index (χ2n) is 8.70. The average Bonchev–Trinajstić information content (AvgIpc) is 3.46. The smallest absolute Gasteiger partial charge is 0.382 e. The van der Waals surface area contributed by atoms with Crippen molar-refractivity contribution in [3.05, 3.63) is 75.8 Å². The van der Waals surface area contributed by atoms with Gasteiger partial charge in [-0.25, -0.2) is 13.9 Å². The number of carbonyl (C=O) groups excluding carboxylic acids is 2. The Morgan fingerprint density at radius 2 is 1.82 bits per heavy atom. The van der Waals surface area contributed by atoms with Crippen LogP contribution in [0.4, 0.5) is 23.4 Å². The maximum absolute atomic E-state index is 14.8. The minimum atomic E-state index is -4.75. The number of rotatable bonds is 4. The number of anilines is 1. The normalized spacial score (nSPS) is 17.5. The van der Waals surface area contributed by atoms with Gasteiger partial charge in [0.25, 0.3) is 11.8 Å². The fourth-order valence-corrected chi connectivity index (χ4v) is 4.75. The summed E-state index contributed by atoms with van der Waals surface area (Å²) in [5.74, 6) is -1.71. The highest BCUT2D eigenvalue weighted by molar-refractivity contribution is 6.34. The van der Waals surface area contributed by atoms with Gasteiger partial charge in [0.2, 0.25) is 0 Å². The van der Waals surface area contributed by atoms with Gasteiger partial charge in [0, 0.05) is 24.5 Å². The summed E-state index contributed by atoms with van der Waals surface area (Å²) in [5, 5.41) is 6.54. The summed E-state index contributed by atoms with van der Waals surface area (Å²) in [5.41, 5.74) is 4.32. The Bertz CT molecular complexity index is 1610. The molecule has 15 heteroatoms. The lowest BCUT2D eigenvalue weighted by Gasteiger charge is -2.17. The van der Waals surface area contributed by atoms with Gasteiger partial charge in [-0.3, -0.25) is 14.6 Å². The molecule has 9 nitrogen and oxygen atoms in total. The fraction of sp³-hybridized carbons (Fsp3) is 0.208. The average molecular weight is 582 g/mol. The second kappa shape index (κ2) is 9.97. The number of nitrogens with two attached hydrogens (primary N) is 1. The molecule has 1 aliphatic rings. The highest BCUT2D eigenvalue weighted by atomic mass is 35.5. The highest BCUT2D eigenvalue weighted by Crippen LogP contribution is 2.39. The SMILES string of the molecule is Nc1ncnn2c(-c3ccc(Cl)c(C(=O)N[C@@H]4CN(C(=O)c5cnccc5Cl)C[C@@H]4F)c3)cc(C(F)(F)F)c12. The molecule has 0 radical (unpaired) electrons. The largest absolute Gasteiger partial charge is 0.418 e. The number of likely N-dealkylation sites (tertiary alicyclic amines) is 1. The van der Waals surface area contributed by atoms with Crippen LogP contribution in [-0.2, 0) is 6.18 Å². The number of aromatic nitrogens is 4. The molecule has 0 aliphatic carbocycles. The number of carbonyl (C=O) groups is 2. The van der Waals surface area contributed by atoms with Crippen molar-refractivity contribution >= 4 is 46.4 Å². The van der Waals surface area contributed by atoms with Crippen LogP contribution in [0.5, 0.6) is 0 Å². The van der Waals surface area contributed by atoms with Gasteiger partial charge in [-0.2, -0.15) is 18.3 Å². The Hall–Kier alpha value is -3.97. The van der Waals surface area contributed by atoms with E-state index in [9.17, 15) is 27.2 Å². The number of benzene rings is 1. The number of alkyl halides is 4. The standard InChI is InChI=1S/C24H17Cl2F4N7O2/c25-15-2-1-11(19-6-14(24(28,29)30)20-21(31)33-10-34-37(19)20)5-12(15)22(38)35-18-9-36(8-17(18)27)23(39)13-7-32-4-3-16(13)26/h1-7,10,17-18H,8-9H2,(H,35,38)(H2,31,33,34)/t17-,18+/m0/s1. The topological polar surface area (TPSA) is 119 Å². The molecule has 1 fully saturated rings. The van der Waals surface area contributed by atoms with E-state index in [4.69, 9.17) is 28.9 Å². The van der Waals surface area contributed by atoms with E-state index in [0.717, 1.165) is 16.9 Å². The number of pyridine rings is 1. The van der Waals surface area contributed by atoms with Crippen LogP contribution in [0.2, 0.25) is 10.0 Å². The lowest BCUT2D eigenvalue weighted by atomic mass is 10.1. The summed E-state index contributed by atoms with van der Waals surface area (Å²) in [6, 6.07) is 5.19. The molecule has 0 saturated carbocycles. The van der Waals surface area contributed by atoms with E-state index in [2.05, 4.69) is 20.4 Å². The van der Waals surface area contributed by atoms with Crippen LogP contribution >= 0.6 is 23.2 Å². The highest BCUT2D eigenvalue weighted by Gasteiger charge is 2.38. The first-order valence-electron chi connectivity index (χ1n) is 11.3. The van der Waals surface area contributed by atoms with Gasteiger partial charge in [0.05, 0.1) is 45.0 Å². The Balaban J connectivity index is 1.42. The monoisotopic (exact) mass is 581 g/mol. The van der Waals surface area contributed by atoms with Crippen LogP contribution in [0, 0.1) is 0 Å². The molecule has 0 bridgehead atoms. The summed E-state index contributed by atoms with van der Waals surface area (Å²) >= 11 is 12.3. The van der Waals surface area contributed by atoms with E-state index >= 15 is 0 Å². The van der Waals surface area contributed by atoms with Crippen molar-refractivity contribution < 1.29 is 27.2 Å². The molecule has 2 atom stereocenters. The molecule has 4 heterocycles. The molecular weight excluding hydrogens is 565 g/mol. The van der Waals surface area contributed by atoms with Crippen molar-refractivity contribution in [1.29, 1.82) is 0 Å². The van der Waals surface area contributed by atoms with Gasteiger partial charge in [-0.1, -0.05) is 29.3 Å². The van der Waals surface area contributed by atoms with Crippen molar-refractivity contribution in [2.24, 2.45) is 0 Å². The quantitative estimate of drug-likeness (QED) is 0.347. The first-order valence-corrected chi connectivity index (χ1v) is 12.0. The van der Waals surface area contributed by atoms with E-state index in [0.29, 0.717) is 0 Å². The number of amides is 2.